The number of hydrogen-bond donors (Lipinski definition) is 1. The predicted molar refractivity (Wildman–Crippen MR) is 71.6 cm³/mol. The number of fused-ring (bicyclic) bond motifs is 1. The molecule has 0 spiro atoms. The highest BCUT2D eigenvalue weighted by Crippen LogP contribution is 2.29. The van der Waals surface area contributed by atoms with Gasteiger partial charge in [0, 0.05) is 25.8 Å². The molecule has 1 aliphatic rings. The average Bonchev–Trinajstić information content (AvgIpc) is 2.38. The predicted octanol–water partition coefficient (Wildman–Crippen LogP) is 1.63. The van der Waals surface area contributed by atoms with Gasteiger partial charge in [-0.15, -0.1) is 0 Å². The Kier molecular flexibility index (Phi) is 3.99. The molecule has 2 rings (SSSR count). The lowest BCUT2D eigenvalue weighted by Crippen LogP contribution is -2.35. The number of carbonyl (C=O) groups is 1. The number of anilines is 1. The molecule has 1 atom stereocenters. The third kappa shape index (κ3) is 2.40. The van der Waals surface area contributed by atoms with Gasteiger partial charge in [0.05, 0.1) is 12.6 Å². The molecule has 1 aromatic carbocycles. The summed E-state index contributed by atoms with van der Waals surface area (Å²) in [6, 6.07) is 5.99. The minimum Gasteiger partial charge on any atom is -0.383 e. The highest BCUT2D eigenvalue weighted by atomic mass is 16.5. The SMILES string of the molecule is CCN1C(=O)CCc2cc(C(N)COC)ccc21. The standard InChI is InChI=1S/C14H20N2O2/c1-3-16-13-6-4-10(12(15)9-18-2)8-11(13)5-7-14(16)17/h4,6,8,12H,3,5,7,9,15H2,1-2H3. The molecule has 4 heteroatoms. The van der Waals surface area contributed by atoms with E-state index < -0.39 is 0 Å². The van der Waals surface area contributed by atoms with Gasteiger partial charge in [-0.1, -0.05) is 12.1 Å². The van der Waals surface area contributed by atoms with Gasteiger partial charge in [0.25, 0.3) is 0 Å². The van der Waals surface area contributed by atoms with Crippen LogP contribution >= 0.6 is 0 Å². The van der Waals surface area contributed by atoms with E-state index in [0.29, 0.717) is 13.0 Å². The fourth-order valence-electron chi connectivity index (χ4n) is 2.43. The minimum absolute atomic E-state index is 0.104. The monoisotopic (exact) mass is 248 g/mol. The van der Waals surface area contributed by atoms with E-state index in [-0.39, 0.29) is 11.9 Å². The Morgan fingerprint density at radius 3 is 2.89 bits per heavy atom. The number of rotatable bonds is 4. The van der Waals surface area contributed by atoms with Gasteiger partial charge in [0.1, 0.15) is 0 Å². The largest absolute Gasteiger partial charge is 0.383 e. The molecule has 98 valence electrons. The lowest BCUT2D eigenvalue weighted by molar-refractivity contribution is -0.118. The van der Waals surface area contributed by atoms with Gasteiger partial charge in [-0.2, -0.15) is 0 Å². The van der Waals surface area contributed by atoms with E-state index in [0.717, 1.165) is 24.2 Å². The molecule has 1 amide bonds. The zero-order chi connectivity index (χ0) is 13.1. The van der Waals surface area contributed by atoms with Gasteiger partial charge in [0.2, 0.25) is 5.91 Å². The molecular weight excluding hydrogens is 228 g/mol. The van der Waals surface area contributed by atoms with E-state index >= 15 is 0 Å². The molecular formula is C14H20N2O2. The molecule has 0 radical (unpaired) electrons. The van der Waals surface area contributed by atoms with E-state index in [4.69, 9.17) is 10.5 Å². The number of benzene rings is 1. The van der Waals surface area contributed by atoms with Gasteiger partial charge >= 0.3 is 0 Å². The highest BCUT2D eigenvalue weighted by molar-refractivity contribution is 5.96. The van der Waals surface area contributed by atoms with Crippen LogP contribution in [0.5, 0.6) is 0 Å². The van der Waals surface area contributed by atoms with E-state index in [1.165, 1.54) is 5.56 Å². The zero-order valence-corrected chi connectivity index (χ0v) is 11.0. The van der Waals surface area contributed by atoms with Crippen molar-refractivity contribution in [2.24, 2.45) is 5.73 Å². The molecule has 4 nitrogen and oxygen atoms in total. The van der Waals surface area contributed by atoms with E-state index in [9.17, 15) is 4.79 Å². The summed E-state index contributed by atoms with van der Waals surface area (Å²) in [5.74, 6) is 0.207. The maximum Gasteiger partial charge on any atom is 0.227 e. The Balaban J connectivity index is 2.30. The molecule has 18 heavy (non-hydrogen) atoms. The molecule has 0 bridgehead atoms. The molecule has 1 aromatic rings. The molecule has 0 fully saturated rings. The second-order valence-corrected chi connectivity index (χ2v) is 4.59. The van der Waals surface area contributed by atoms with Crippen molar-refractivity contribution in [3.63, 3.8) is 0 Å². The van der Waals surface area contributed by atoms with E-state index in [1.807, 2.05) is 24.0 Å². The summed E-state index contributed by atoms with van der Waals surface area (Å²) in [5, 5.41) is 0. The molecule has 0 saturated carbocycles. The highest BCUT2D eigenvalue weighted by Gasteiger charge is 2.23. The Bertz CT molecular complexity index is 445. The Labute approximate surface area is 108 Å². The third-order valence-electron chi connectivity index (χ3n) is 3.39. The summed E-state index contributed by atoms with van der Waals surface area (Å²) < 4.78 is 5.07. The average molecular weight is 248 g/mol. The van der Waals surface area contributed by atoms with Crippen LogP contribution in [-0.2, 0) is 16.0 Å². The molecule has 2 N–H and O–H groups in total. The zero-order valence-electron chi connectivity index (χ0n) is 11.0. The first-order valence-corrected chi connectivity index (χ1v) is 6.35. The number of methoxy groups -OCH3 is 1. The topological polar surface area (TPSA) is 55.6 Å². The van der Waals surface area contributed by atoms with Crippen LogP contribution in [0.15, 0.2) is 18.2 Å². The maximum atomic E-state index is 11.8. The van der Waals surface area contributed by atoms with E-state index in [1.54, 1.807) is 7.11 Å². The first-order valence-electron chi connectivity index (χ1n) is 6.35. The summed E-state index contributed by atoms with van der Waals surface area (Å²) in [4.78, 5) is 13.6. The van der Waals surface area contributed by atoms with Crippen molar-refractivity contribution in [2.75, 3.05) is 25.2 Å². The van der Waals surface area contributed by atoms with Crippen molar-refractivity contribution in [3.8, 4) is 0 Å². The molecule has 1 heterocycles. The number of ether oxygens (including phenoxy) is 1. The Hall–Kier alpha value is -1.39. The number of amides is 1. The normalized spacial score (nSPS) is 16.6. The summed E-state index contributed by atoms with van der Waals surface area (Å²) in [6.07, 6.45) is 1.39. The van der Waals surface area contributed by atoms with E-state index in [2.05, 4.69) is 6.07 Å². The summed E-state index contributed by atoms with van der Waals surface area (Å²) in [5.41, 5.74) is 9.34. The van der Waals surface area contributed by atoms with Gasteiger partial charge in [-0.3, -0.25) is 4.79 Å². The van der Waals surface area contributed by atoms with Crippen LogP contribution in [0.3, 0.4) is 0 Å². The van der Waals surface area contributed by atoms with Crippen molar-refractivity contribution >= 4 is 11.6 Å². The second-order valence-electron chi connectivity index (χ2n) is 4.59. The second kappa shape index (κ2) is 5.50. The van der Waals surface area contributed by atoms with Crippen LogP contribution in [0.4, 0.5) is 5.69 Å². The summed E-state index contributed by atoms with van der Waals surface area (Å²) in [7, 11) is 1.65. The summed E-state index contributed by atoms with van der Waals surface area (Å²) in [6.45, 7) is 3.22. The smallest absolute Gasteiger partial charge is 0.227 e. The van der Waals surface area contributed by atoms with Crippen LogP contribution < -0.4 is 10.6 Å². The van der Waals surface area contributed by atoms with Crippen LogP contribution in [0, 0.1) is 0 Å². The number of carbonyl (C=O) groups excluding carboxylic acids is 1. The molecule has 1 unspecified atom stereocenters. The maximum absolute atomic E-state index is 11.8. The van der Waals surface area contributed by atoms with Crippen molar-refractivity contribution < 1.29 is 9.53 Å². The molecule has 0 saturated heterocycles. The van der Waals surface area contributed by atoms with Gasteiger partial charge < -0.3 is 15.4 Å². The molecule has 1 aliphatic heterocycles. The van der Waals surface area contributed by atoms with Gasteiger partial charge in [-0.05, 0) is 30.5 Å². The van der Waals surface area contributed by atoms with Gasteiger partial charge in [-0.25, -0.2) is 0 Å². The van der Waals surface area contributed by atoms with Crippen LogP contribution in [0.1, 0.15) is 30.5 Å². The number of hydrogen-bond acceptors (Lipinski definition) is 3. The Morgan fingerprint density at radius 2 is 2.22 bits per heavy atom. The molecule has 0 aromatic heterocycles. The minimum atomic E-state index is -0.104. The molecule has 0 aliphatic carbocycles. The van der Waals surface area contributed by atoms with Crippen LogP contribution in [0.2, 0.25) is 0 Å². The van der Waals surface area contributed by atoms with Crippen molar-refractivity contribution in [1.29, 1.82) is 0 Å². The Morgan fingerprint density at radius 1 is 1.44 bits per heavy atom. The van der Waals surface area contributed by atoms with Crippen molar-refractivity contribution in [2.45, 2.75) is 25.8 Å². The van der Waals surface area contributed by atoms with Crippen LogP contribution in [-0.4, -0.2) is 26.2 Å². The fourth-order valence-corrected chi connectivity index (χ4v) is 2.43. The van der Waals surface area contributed by atoms with Crippen LogP contribution in [0.25, 0.3) is 0 Å². The first-order chi connectivity index (χ1) is 8.67. The number of aryl methyl sites for hydroxylation is 1. The lowest BCUT2D eigenvalue weighted by atomic mass is 9.96. The van der Waals surface area contributed by atoms with Gasteiger partial charge in [0.15, 0.2) is 0 Å². The first kappa shape index (κ1) is 13.1. The quantitative estimate of drug-likeness (QED) is 0.881. The summed E-state index contributed by atoms with van der Waals surface area (Å²) >= 11 is 0. The fraction of sp³-hybridized carbons (Fsp3) is 0.500. The van der Waals surface area contributed by atoms with Crippen molar-refractivity contribution in [1.82, 2.24) is 0 Å². The number of nitrogens with zero attached hydrogens (tertiary/aromatic N) is 1. The lowest BCUT2D eigenvalue weighted by Gasteiger charge is -2.29. The number of nitrogens with two attached hydrogens (primary N) is 1. The van der Waals surface area contributed by atoms with Crippen molar-refractivity contribution in [3.05, 3.63) is 29.3 Å². The third-order valence-corrected chi connectivity index (χ3v) is 3.39.